The molecule has 0 saturated carbocycles. The molecule has 0 bridgehead atoms. The summed E-state index contributed by atoms with van der Waals surface area (Å²) in [6, 6.07) is -4.21. The van der Waals surface area contributed by atoms with Crippen molar-refractivity contribution in [2.45, 2.75) is 71.1 Å². The number of rotatable bonds is 12. The van der Waals surface area contributed by atoms with Crippen molar-refractivity contribution in [1.82, 2.24) is 16.0 Å². The zero-order chi connectivity index (χ0) is 22.0. The van der Waals surface area contributed by atoms with Gasteiger partial charge in [-0.3, -0.25) is 19.2 Å². The summed E-state index contributed by atoms with van der Waals surface area (Å²) in [5.41, 5.74) is 5.43. The first-order valence-corrected chi connectivity index (χ1v) is 8.96. The maximum absolute atomic E-state index is 12.5. The van der Waals surface area contributed by atoms with Crippen molar-refractivity contribution in [2.75, 3.05) is 0 Å². The predicted molar refractivity (Wildman–Crippen MR) is 99.1 cm³/mol. The van der Waals surface area contributed by atoms with Crippen molar-refractivity contribution < 1.29 is 34.2 Å². The molecule has 0 saturated heterocycles. The van der Waals surface area contributed by atoms with Gasteiger partial charge in [0.1, 0.15) is 18.1 Å². The molecule has 0 rings (SSSR count). The molecule has 11 nitrogen and oxygen atoms in total. The number of hydrogen-bond donors (Lipinski definition) is 6. The zero-order valence-electron chi connectivity index (χ0n) is 16.5. The van der Waals surface area contributed by atoms with Gasteiger partial charge in [0, 0.05) is 6.42 Å². The molecule has 4 atom stereocenters. The van der Waals surface area contributed by atoms with E-state index in [1.165, 1.54) is 13.8 Å². The second-order valence-electron chi connectivity index (χ2n) is 7.04. The Hall–Kier alpha value is -2.69. The van der Waals surface area contributed by atoms with Gasteiger partial charge in [-0.05, 0) is 32.6 Å². The van der Waals surface area contributed by atoms with Crippen LogP contribution in [0.25, 0.3) is 0 Å². The van der Waals surface area contributed by atoms with Crippen LogP contribution in [0, 0.1) is 5.92 Å². The van der Waals surface area contributed by atoms with Gasteiger partial charge in [0.15, 0.2) is 0 Å². The number of amides is 3. The highest BCUT2D eigenvalue weighted by Gasteiger charge is 2.29. The third kappa shape index (κ3) is 9.86. The Morgan fingerprint density at radius 3 is 1.79 bits per heavy atom. The van der Waals surface area contributed by atoms with Crippen LogP contribution < -0.4 is 21.7 Å². The van der Waals surface area contributed by atoms with Crippen molar-refractivity contribution in [2.24, 2.45) is 11.7 Å². The summed E-state index contributed by atoms with van der Waals surface area (Å²) in [6.07, 6.45) is -0.505. The van der Waals surface area contributed by atoms with E-state index in [2.05, 4.69) is 16.0 Å². The summed E-state index contributed by atoms with van der Waals surface area (Å²) in [5, 5.41) is 25.0. The molecule has 0 aromatic rings. The number of aliphatic carboxylic acids is 2. The molecule has 0 aromatic heterocycles. The van der Waals surface area contributed by atoms with Gasteiger partial charge < -0.3 is 31.9 Å². The molecule has 0 radical (unpaired) electrons. The van der Waals surface area contributed by atoms with Crippen LogP contribution in [0.5, 0.6) is 0 Å². The number of hydrogen-bond acceptors (Lipinski definition) is 6. The second kappa shape index (κ2) is 11.9. The topological polar surface area (TPSA) is 188 Å². The number of nitrogens with two attached hydrogens (primary N) is 1. The molecule has 0 heterocycles. The Kier molecular flexibility index (Phi) is 10.8. The Labute approximate surface area is 163 Å². The van der Waals surface area contributed by atoms with Crippen LogP contribution in [-0.4, -0.2) is 64.0 Å². The van der Waals surface area contributed by atoms with Crippen LogP contribution in [0.15, 0.2) is 0 Å². The highest BCUT2D eigenvalue weighted by atomic mass is 16.4. The van der Waals surface area contributed by atoms with Crippen LogP contribution in [0.3, 0.4) is 0 Å². The number of carboxylic acid groups (broad SMARTS) is 2. The summed E-state index contributed by atoms with van der Waals surface area (Å²) in [4.78, 5) is 58.3. The molecular weight excluding hydrogens is 372 g/mol. The van der Waals surface area contributed by atoms with Gasteiger partial charge in [-0.2, -0.15) is 0 Å². The van der Waals surface area contributed by atoms with E-state index in [1.807, 2.05) is 13.8 Å². The third-order valence-corrected chi connectivity index (χ3v) is 3.77. The molecule has 11 heteroatoms. The monoisotopic (exact) mass is 402 g/mol. The van der Waals surface area contributed by atoms with Crippen molar-refractivity contribution in [1.29, 1.82) is 0 Å². The first-order valence-electron chi connectivity index (χ1n) is 8.96. The molecule has 3 amide bonds. The Morgan fingerprint density at radius 1 is 0.821 bits per heavy atom. The number of carbonyl (C=O) groups excluding carboxylic acids is 3. The molecule has 4 unspecified atom stereocenters. The zero-order valence-corrected chi connectivity index (χ0v) is 16.5. The first kappa shape index (κ1) is 25.3. The van der Waals surface area contributed by atoms with Gasteiger partial charge in [0.05, 0.1) is 6.04 Å². The molecule has 0 spiro atoms. The fraction of sp³-hybridized carbons (Fsp3) is 0.706. The van der Waals surface area contributed by atoms with Crippen LogP contribution in [-0.2, 0) is 24.0 Å². The Morgan fingerprint density at radius 2 is 1.36 bits per heavy atom. The molecule has 0 fully saturated rings. The summed E-state index contributed by atoms with van der Waals surface area (Å²) in [7, 11) is 0. The smallest absolute Gasteiger partial charge is 0.326 e. The van der Waals surface area contributed by atoms with Gasteiger partial charge in [0.2, 0.25) is 17.7 Å². The number of carbonyl (C=O) groups is 5. The van der Waals surface area contributed by atoms with E-state index < -0.39 is 60.2 Å². The summed E-state index contributed by atoms with van der Waals surface area (Å²) >= 11 is 0. The van der Waals surface area contributed by atoms with Crippen LogP contribution >= 0.6 is 0 Å². The van der Waals surface area contributed by atoms with E-state index in [1.54, 1.807) is 0 Å². The average molecular weight is 402 g/mol. The minimum atomic E-state index is -1.40. The lowest BCUT2D eigenvalue weighted by atomic mass is 10.0. The first-order chi connectivity index (χ1) is 12.8. The van der Waals surface area contributed by atoms with Crippen molar-refractivity contribution in [3.8, 4) is 0 Å². The van der Waals surface area contributed by atoms with Crippen LogP contribution in [0.1, 0.15) is 47.0 Å². The van der Waals surface area contributed by atoms with Crippen molar-refractivity contribution in [3.05, 3.63) is 0 Å². The summed E-state index contributed by atoms with van der Waals surface area (Å²) in [6.45, 7) is 6.50. The summed E-state index contributed by atoms with van der Waals surface area (Å²) < 4.78 is 0. The summed E-state index contributed by atoms with van der Waals surface area (Å²) in [5.74, 6) is -4.48. The van der Waals surface area contributed by atoms with Crippen molar-refractivity contribution in [3.63, 3.8) is 0 Å². The lowest BCUT2D eigenvalue weighted by Gasteiger charge is -2.24. The Bertz CT molecular complexity index is 592. The molecule has 7 N–H and O–H groups in total. The fourth-order valence-corrected chi connectivity index (χ4v) is 2.21. The molecule has 0 aromatic carbocycles. The molecular formula is C17H30N4O7. The highest BCUT2D eigenvalue weighted by Crippen LogP contribution is 2.07. The van der Waals surface area contributed by atoms with E-state index in [0.717, 1.165) is 0 Å². The van der Waals surface area contributed by atoms with E-state index in [0.29, 0.717) is 0 Å². The van der Waals surface area contributed by atoms with E-state index >= 15 is 0 Å². The maximum Gasteiger partial charge on any atom is 0.326 e. The van der Waals surface area contributed by atoms with E-state index in [9.17, 15) is 24.0 Å². The van der Waals surface area contributed by atoms with Gasteiger partial charge >= 0.3 is 11.9 Å². The quantitative estimate of drug-likeness (QED) is 0.235. The van der Waals surface area contributed by atoms with E-state index in [4.69, 9.17) is 15.9 Å². The Balaban J connectivity index is 5.10. The molecule has 0 aliphatic carbocycles. The van der Waals surface area contributed by atoms with Crippen LogP contribution in [0.4, 0.5) is 0 Å². The molecule has 160 valence electrons. The third-order valence-electron chi connectivity index (χ3n) is 3.77. The van der Waals surface area contributed by atoms with Gasteiger partial charge in [-0.25, -0.2) is 4.79 Å². The highest BCUT2D eigenvalue weighted by molar-refractivity contribution is 5.93. The maximum atomic E-state index is 12.5. The van der Waals surface area contributed by atoms with Gasteiger partial charge in [0.25, 0.3) is 0 Å². The standard InChI is InChI=1S/C17H30N4O7/c1-8(2)7-12(21-15(25)10(4)19-14(24)9(3)18)16(26)20-11(17(27)28)5-6-13(22)23/h8-12H,5-7,18H2,1-4H3,(H,19,24)(H,20,26)(H,21,25)(H,22,23)(H,27,28). The number of carboxylic acids is 2. The molecule has 28 heavy (non-hydrogen) atoms. The molecule has 0 aliphatic heterocycles. The normalized spacial score (nSPS) is 15.1. The largest absolute Gasteiger partial charge is 0.481 e. The van der Waals surface area contributed by atoms with E-state index in [-0.39, 0.29) is 18.8 Å². The minimum absolute atomic E-state index is 0.00712. The van der Waals surface area contributed by atoms with Crippen molar-refractivity contribution >= 4 is 29.7 Å². The SMILES string of the molecule is CC(C)CC(NC(=O)C(C)NC(=O)C(C)N)C(=O)NC(CCC(=O)O)C(=O)O. The lowest BCUT2D eigenvalue weighted by molar-refractivity contribution is -0.143. The fourth-order valence-electron chi connectivity index (χ4n) is 2.21. The average Bonchev–Trinajstić information content (AvgIpc) is 2.56. The van der Waals surface area contributed by atoms with Crippen LogP contribution in [0.2, 0.25) is 0 Å². The lowest BCUT2D eigenvalue weighted by Crippen LogP contribution is -2.56. The minimum Gasteiger partial charge on any atom is -0.481 e. The number of nitrogens with one attached hydrogen (secondary N) is 3. The second-order valence-corrected chi connectivity index (χ2v) is 7.04. The van der Waals surface area contributed by atoms with Gasteiger partial charge in [-0.1, -0.05) is 13.8 Å². The molecule has 0 aliphatic rings. The predicted octanol–water partition coefficient (Wildman–Crippen LogP) is -1.20. The van der Waals surface area contributed by atoms with Gasteiger partial charge in [-0.15, -0.1) is 0 Å².